The van der Waals surface area contributed by atoms with Crippen molar-refractivity contribution in [1.29, 1.82) is 0 Å². The number of rotatable bonds is 4. The zero-order chi connectivity index (χ0) is 15.0. The molecule has 4 heteroatoms. The molecule has 2 atom stereocenters. The topological polar surface area (TPSA) is 29.5 Å². The van der Waals surface area contributed by atoms with Gasteiger partial charge in [-0.25, -0.2) is 0 Å². The summed E-state index contributed by atoms with van der Waals surface area (Å²) in [5.74, 6) is 1.46. The van der Waals surface area contributed by atoms with E-state index in [1.165, 1.54) is 12.8 Å². The molecule has 0 spiro atoms. The van der Waals surface area contributed by atoms with Gasteiger partial charge in [0.2, 0.25) is 0 Å². The Hall–Kier alpha value is -0.870. The van der Waals surface area contributed by atoms with Crippen LogP contribution in [0.4, 0.5) is 0 Å². The van der Waals surface area contributed by atoms with Crippen molar-refractivity contribution in [2.45, 2.75) is 44.2 Å². The van der Waals surface area contributed by atoms with Crippen molar-refractivity contribution in [3.8, 4) is 5.75 Å². The Morgan fingerprint density at radius 1 is 1.33 bits per heavy atom. The van der Waals surface area contributed by atoms with E-state index in [1.807, 2.05) is 18.2 Å². The van der Waals surface area contributed by atoms with Crippen LogP contribution in [0.5, 0.6) is 5.75 Å². The first-order valence-electron chi connectivity index (χ1n) is 7.65. The number of carbonyl (C=O) groups excluding carboxylic acids is 1. The molecule has 114 valence electrons. The fraction of sp³-hybridized carbons (Fsp3) is 0.588. The van der Waals surface area contributed by atoms with Crippen molar-refractivity contribution in [3.05, 3.63) is 28.2 Å². The van der Waals surface area contributed by atoms with Gasteiger partial charge in [0.15, 0.2) is 0 Å². The van der Waals surface area contributed by atoms with E-state index >= 15 is 0 Å². The minimum absolute atomic E-state index is 0.250. The molecule has 0 radical (unpaired) electrons. The van der Waals surface area contributed by atoms with Crippen LogP contribution in [0, 0.1) is 5.92 Å². The average molecular weight is 352 g/mol. The Labute approximate surface area is 134 Å². The van der Waals surface area contributed by atoms with Crippen molar-refractivity contribution in [2.75, 3.05) is 14.2 Å². The van der Waals surface area contributed by atoms with E-state index in [9.17, 15) is 4.79 Å². The van der Waals surface area contributed by atoms with E-state index in [2.05, 4.69) is 27.9 Å². The third-order valence-electron chi connectivity index (χ3n) is 5.15. The first-order chi connectivity index (χ1) is 10.1. The number of carbonyl (C=O) groups is 1. The van der Waals surface area contributed by atoms with Gasteiger partial charge in [-0.3, -0.25) is 4.79 Å². The first-order valence-corrected chi connectivity index (χ1v) is 8.45. The van der Waals surface area contributed by atoms with Crippen LogP contribution >= 0.6 is 15.9 Å². The smallest absolute Gasteiger partial charge is 0.140 e. The third kappa shape index (κ3) is 3.02. The molecule has 2 bridgehead atoms. The third-order valence-corrected chi connectivity index (χ3v) is 5.77. The summed E-state index contributed by atoms with van der Waals surface area (Å²) >= 11 is 3.49. The summed E-state index contributed by atoms with van der Waals surface area (Å²) in [4.78, 5) is 15.1. The van der Waals surface area contributed by atoms with Gasteiger partial charge < -0.3 is 9.64 Å². The minimum Gasteiger partial charge on any atom is -0.496 e. The molecule has 3 rings (SSSR count). The number of ketones is 1. The summed E-state index contributed by atoms with van der Waals surface area (Å²) < 4.78 is 6.15. The van der Waals surface area contributed by atoms with Gasteiger partial charge in [0.1, 0.15) is 11.5 Å². The highest BCUT2D eigenvalue weighted by atomic mass is 79.9. The fourth-order valence-corrected chi connectivity index (χ4v) is 4.43. The Morgan fingerprint density at radius 2 is 2.00 bits per heavy atom. The van der Waals surface area contributed by atoms with Crippen LogP contribution < -0.4 is 4.74 Å². The SMILES string of the molecule is COc1ccc(CC(=O)C2CC3CCC(C2)N3C)cc1Br. The molecule has 2 aliphatic heterocycles. The van der Waals surface area contributed by atoms with Gasteiger partial charge in [0, 0.05) is 24.4 Å². The molecule has 21 heavy (non-hydrogen) atoms. The number of halogens is 1. The van der Waals surface area contributed by atoms with Crippen molar-refractivity contribution in [1.82, 2.24) is 4.90 Å². The van der Waals surface area contributed by atoms with Crippen LogP contribution in [-0.2, 0) is 11.2 Å². The summed E-state index contributed by atoms with van der Waals surface area (Å²) in [6.07, 6.45) is 5.15. The molecule has 3 nitrogen and oxygen atoms in total. The lowest BCUT2D eigenvalue weighted by Gasteiger charge is -2.35. The molecule has 0 N–H and O–H groups in total. The van der Waals surface area contributed by atoms with Gasteiger partial charge in [-0.05, 0) is 66.4 Å². The van der Waals surface area contributed by atoms with Gasteiger partial charge in [-0.2, -0.15) is 0 Å². The molecule has 2 fully saturated rings. The van der Waals surface area contributed by atoms with Crippen LogP contribution in [0.3, 0.4) is 0 Å². The predicted molar refractivity (Wildman–Crippen MR) is 86.7 cm³/mol. The molecule has 2 unspecified atom stereocenters. The number of piperidine rings is 1. The van der Waals surface area contributed by atoms with Gasteiger partial charge >= 0.3 is 0 Å². The molecular formula is C17H22BrNO2. The monoisotopic (exact) mass is 351 g/mol. The summed E-state index contributed by atoms with van der Waals surface area (Å²) in [5.41, 5.74) is 1.07. The van der Waals surface area contributed by atoms with E-state index in [0.717, 1.165) is 28.6 Å². The number of ether oxygens (including phenoxy) is 1. The number of nitrogens with zero attached hydrogens (tertiary/aromatic N) is 1. The number of fused-ring (bicyclic) bond motifs is 2. The van der Waals surface area contributed by atoms with Gasteiger partial charge in [-0.1, -0.05) is 6.07 Å². The van der Waals surface area contributed by atoms with Gasteiger partial charge in [0.25, 0.3) is 0 Å². The zero-order valence-corrected chi connectivity index (χ0v) is 14.2. The number of hydrogen-bond donors (Lipinski definition) is 0. The van der Waals surface area contributed by atoms with Crippen molar-refractivity contribution in [3.63, 3.8) is 0 Å². The number of methoxy groups -OCH3 is 1. The minimum atomic E-state index is 0.250. The maximum Gasteiger partial charge on any atom is 0.140 e. The van der Waals surface area contributed by atoms with Crippen LogP contribution in [0.1, 0.15) is 31.2 Å². The molecule has 0 aromatic heterocycles. The van der Waals surface area contributed by atoms with Gasteiger partial charge in [-0.15, -0.1) is 0 Å². The van der Waals surface area contributed by atoms with Crippen LogP contribution in [0.15, 0.2) is 22.7 Å². The van der Waals surface area contributed by atoms with Crippen molar-refractivity contribution >= 4 is 21.7 Å². The van der Waals surface area contributed by atoms with E-state index in [4.69, 9.17) is 4.74 Å². The molecule has 0 aliphatic carbocycles. The average Bonchev–Trinajstić information content (AvgIpc) is 2.69. The molecule has 2 saturated heterocycles. The summed E-state index contributed by atoms with van der Waals surface area (Å²) in [6, 6.07) is 7.16. The Bertz CT molecular complexity index is 532. The Balaban J connectivity index is 1.65. The van der Waals surface area contributed by atoms with E-state index in [1.54, 1.807) is 7.11 Å². The highest BCUT2D eigenvalue weighted by molar-refractivity contribution is 9.10. The summed E-state index contributed by atoms with van der Waals surface area (Å²) in [6.45, 7) is 0. The van der Waals surface area contributed by atoms with E-state index < -0.39 is 0 Å². The van der Waals surface area contributed by atoms with E-state index in [0.29, 0.717) is 24.3 Å². The first kappa shape index (κ1) is 15.0. The molecule has 0 amide bonds. The molecule has 2 heterocycles. The highest BCUT2D eigenvalue weighted by Crippen LogP contribution is 2.38. The highest BCUT2D eigenvalue weighted by Gasteiger charge is 2.40. The molecular weight excluding hydrogens is 330 g/mol. The number of benzene rings is 1. The summed E-state index contributed by atoms with van der Waals surface area (Å²) in [7, 11) is 3.86. The number of hydrogen-bond acceptors (Lipinski definition) is 3. The second kappa shape index (κ2) is 6.09. The normalized spacial score (nSPS) is 28.6. The lowest BCUT2D eigenvalue weighted by molar-refractivity contribution is -0.124. The largest absolute Gasteiger partial charge is 0.496 e. The fourth-order valence-electron chi connectivity index (χ4n) is 3.84. The maximum absolute atomic E-state index is 12.6. The lowest BCUT2D eigenvalue weighted by atomic mass is 9.85. The lowest BCUT2D eigenvalue weighted by Crippen LogP contribution is -2.42. The van der Waals surface area contributed by atoms with Crippen LogP contribution in [0.2, 0.25) is 0 Å². The standard InChI is InChI=1S/C17H22BrNO2/c1-19-13-4-5-14(19)10-12(9-13)16(20)8-11-3-6-17(21-2)15(18)7-11/h3,6-7,12-14H,4-5,8-10H2,1-2H3. The number of Topliss-reactive ketones (excluding diaryl/α,β-unsaturated/α-hetero) is 1. The molecule has 1 aromatic carbocycles. The molecule has 2 aliphatic rings. The van der Waals surface area contributed by atoms with Crippen LogP contribution in [0.25, 0.3) is 0 Å². The van der Waals surface area contributed by atoms with E-state index in [-0.39, 0.29) is 5.92 Å². The van der Waals surface area contributed by atoms with Gasteiger partial charge in [0.05, 0.1) is 11.6 Å². The van der Waals surface area contributed by atoms with Crippen molar-refractivity contribution < 1.29 is 9.53 Å². The zero-order valence-electron chi connectivity index (χ0n) is 12.6. The molecule has 1 aromatic rings. The summed E-state index contributed by atoms with van der Waals surface area (Å²) in [5, 5.41) is 0. The maximum atomic E-state index is 12.6. The Morgan fingerprint density at radius 3 is 2.57 bits per heavy atom. The second-order valence-electron chi connectivity index (χ2n) is 6.33. The van der Waals surface area contributed by atoms with Crippen LogP contribution in [-0.4, -0.2) is 36.9 Å². The van der Waals surface area contributed by atoms with Crippen molar-refractivity contribution in [2.24, 2.45) is 5.92 Å². The Kier molecular flexibility index (Phi) is 4.36. The second-order valence-corrected chi connectivity index (χ2v) is 7.19. The predicted octanol–water partition coefficient (Wildman–Crippen LogP) is 3.44. The molecule has 0 saturated carbocycles. The quantitative estimate of drug-likeness (QED) is 0.831.